The van der Waals surface area contributed by atoms with Crippen molar-refractivity contribution in [1.29, 1.82) is 0 Å². The molecule has 0 unspecified atom stereocenters. The lowest BCUT2D eigenvalue weighted by molar-refractivity contribution is -0.148. The number of rotatable bonds is 3. The molecule has 0 fully saturated rings. The largest absolute Gasteiger partial charge is 0.508 e. The summed E-state index contributed by atoms with van der Waals surface area (Å²) in [5.41, 5.74) is 0.819. The average molecular weight is 276 g/mol. The van der Waals surface area contributed by atoms with Gasteiger partial charge in [0.2, 0.25) is 0 Å². The summed E-state index contributed by atoms with van der Waals surface area (Å²) in [5.74, 6) is -0.508. The minimum absolute atomic E-state index is 0.00330. The van der Waals surface area contributed by atoms with Gasteiger partial charge in [-0.15, -0.1) is 0 Å². The Bertz CT molecular complexity index is 712. The molecule has 0 saturated heterocycles. The maximum atomic E-state index is 11.6. The van der Waals surface area contributed by atoms with E-state index in [1.807, 2.05) is 0 Å². The number of phenolic OH excluding ortho intramolecular Hbond substituents is 1. The van der Waals surface area contributed by atoms with Crippen LogP contribution in [-0.2, 0) is 16.1 Å². The van der Waals surface area contributed by atoms with Crippen LogP contribution in [0.2, 0.25) is 0 Å². The Kier molecular flexibility index (Phi) is 3.79. The number of aromatic hydroxyl groups is 1. The van der Waals surface area contributed by atoms with Crippen LogP contribution in [0.3, 0.4) is 0 Å². The lowest BCUT2D eigenvalue weighted by Gasteiger charge is -2.10. The molecule has 20 heavy (non-hydrogen) atoms. The molecule has 0 bridgehead atoms. The first kappa shape index (κ1) is 14.1. The summed E-state index contributed by atoms with van der Waals surface area (Å²) in [5, 5.41) is 10.3. The molecule has 0 saturated carbocycles. The van der Waals surface area contributed by atoms with Gasteiger partial charge >= 0.3 is 11.6 Å². The molecule has 1 aromatic heterocycles. The van der Waals surface area contributed by atoms with Crippen molar-refractivity contribution < 1.29 is 19.1 Å². The number of phenols is 1. The number of fused-ring (bicyclic) bond motifs is 1. The molecule has 0 aliphatic rings. The smallest absolute Gasteiger partial charge is 0.336 e. The number of hydrogen-bond donors (Lipinski definition) is 1. The molecule has 2 rings (SSSR count). The topological polar surface area (TPSA) is 76.7 Å². The number of carbonyl (C=O) groups is 1. The molecule has 1 aromatic carbocycles. The van der Waals surface area contributed by atoms with Crippen LogP contribution < -0.4 is 5.63 Å². The van der Waals surface area contributed by atoms with Crippen LogP contribution in [0.25, 0.3) is 11.0 Å². The van der Waals surface area contributed by atoms with Gasteiger partial charge in [-0.05, 0) is 19.1 Å². The molecule has 0 spiro atoms. The number of carbonyl (C=O) groups excluding carboxylic acids is 1. The Balaban J connectivity index is 2.46. The quantitative estimate of drug-likeness (QED) is 0.688. The van der Waals surface area contributed by atoms with Gasteiger partial charge in [0.15, 0.2) is 0 Å². The van der Waals surface area contributed by atoms with E-state index in [0.717, 1.165) is 0 Å². The summed E-state index contributed by atoms with van der Waals surface area (Å²) < 4.78 is 10.3. The molecule has 0 aliphatic carbocycles. The van der Waals surface area contributed by atoms with Gasteiger partial charge in [0.05, 0.1) is 5.92 Å². The molecular formula is C15H16O5. The number of hydrogen-bond acceptors (Lipinski definition) is 5. The van der Waals surface area contributed by atoms with Gasteiger partial charge in [-0.25, -0.2) is 4.79 Å². The fourth-order valence-corrected chi connectivity index (χ4v) is 1.85. The molecule has 5 heteroatoms. The third kappa shape index (κ3) is 2.66. The Hall–Kier alpha value is -2.30. The van der Waals surface area contributed by atoms with Crippen molar-refractivity contribution in [2.24, 2.45) is 5.92 Å². The molecule has 2 aromatic rings. The number of esters is 1. The van der Waals surface area contributed by atoms with Gasteiger partial charge in [-0.3, -0.25) is 4.79 Å². The second-order valence-corrected chi connectivity index (χ2v) is 4.94. The zero-order valence-corrected chi connectivity index (χ0v) is 11.6. The molecule has 1 N–H and O–H groups in total. The van der Waals surface area contributed by atoms with Crippen molar-refractivity contribution in [3.05, 3.63) is 39.7 Å². The van der Waals surface area contributed by atoms with Crippen molar-refractivity contribution in [2.45, 2.75) is 27.4 Å². The van der Waals surface area contributed by atoms with E-state index in [4.69, 9.17) is 9.15 Å². The maximum Gasteiger partial charge on any atom is 0.336 e. The van der Waals surface area contributed by atoms with Crippen LogP contribution >= 0.6 is 0 Å². The highest BCUT2D eigenvalue weighted by Gasteiger charge is 2.13. The van der Waals surface area contributed by atoms with E-state index in [-0.39, 0.29) is 24.2 Å². The summed E-state index contributed by atoms with van der Waals surface area (Å²) in [7, 11) is 0. The molecule has 0 amide bonds. The Labute approximate surface area is 115 Å². The molecule has 1 heterocycles. The van der Waals surface area contributed by atoms with E-state index >= 15 is 0 Å². The average Bonchev–Trinajstić information content (AvgIpc) is 2.40. The van der Waals surface area contributed by atoms with E-state index in [1.165, 1.54) is 12.1 Å². The molecule has 106 valence electrons. The van der Waals surface area contributed by atoms with Crippen molar-refractivity contribution in [1.82, 2.24) is 0 Å². The van der Waals surface area contributed by atoms with E-state index in [2.05, 4.69) is 0 Å². The predicted molar refractivity (Wildman–Crippen MR) is 73.5 cm³/mol. The second kappa shape index (κ2) is 5.36. The number of benzene rings is 1. The van der Waals surface area contributed by atoms with Gasteiger partial charge in [0, 0.05) is 22.6 Å². The molecule has 5 nitrogen and oxygen atoms in total. The van der Waals surface area contributed by atoms with E-state index in [0.29, 0.717) is 22.1 Å². The van der Waals surface area contributed by atoms with Crippen molar-refractivity contribution in [3.63, 3.8) is 0 Å². The summed E-state index contributed by atoms with van der Waals surface area (Å²) in [4.78, 5) is 23.1. The first-order valence-corrected chi connectivity index (χ1v) is 6.32. The highest BCUT2D eigenvalue weighted by molar-refractivity contribution is 5.85. The van der Waals surface area contributed by atoms with Gasteiger partial charge in [-0.2, -0.15) is 0 Å². The van der Waals surface area contributed by atoms with Crippen LogP contribution in [-0.4, -0.2) is 11.1 Å². The fraction of sp³-hybridized carbons (Fsp3) is 0.333. The van der Waals surface area contributed by atoms with Crippen LogP contribution in [0.5, 0.6) is 5.75 Å². The minimum atomic E-state index is -0.540. The highest BCUT2D eigenvalue weighted by atomic mass is 16.5. The molecular weight excluding hydrogens is 260 g/mol. The number of ether oxygens (including phenoxy) is 1. The van der Waals surface area contributed by atoms with Gasteiger partial charge in [0.25, 0.3) is 0 Å². The third-order valence-corrected chi connectivity index (χ3v) is 3.06. The maximum absolute atomic E-state index is 11.6. The first-order chi connectivity index (χ1) is 9.40. The Morgan fingerprint density at radius 3 is 2.75 bits per heavy atom. The van der Waals surface area contributed by atoms with Crippen LogP contribution in [0.1, 0.15) is 25.0 Å². The van der Waals surface area contributed by atoms with Gasteiger partial charge in [0.1, 0.15) is 17.9 Å². The highest BCUT2D eigenvalue weighted by Crippen LogP contribution is 2.27. The van der Waals surface area contributed by atoms with Crippen LogP contribution in [0.4, 0.5) is 0 Å². The Morgan fingerprint density at radius 2 is 2.10 bits per heavy atom. The summed E-state index contributed by atoms with van der Waals surface area (Å²) in [6.45, 7) is 5.14. The molecule has 0 aliphatic heterocycles. The van der Waals surface area contributed by atoms with Crippen molar-refractivity contribution >= 4 is 16.9 Å². The molecule has 0 radical (unpaired) electrons. The van der Waals surface area contributed by atoms with Gasteiger partial charge < -0.3 is 14.3 Å². The summed E-state index contributed by atoms with van der Waals surface area (Å²) >= 11 is 0. The van der Waals surface area contributed by atoms with E-state index in [9.17, 15) is 14.7 Å². The monoisotopic (exact) mass is 276 g/mol. The second-order valence-electron chi connectivity index (χ2n) is 4.94. The third-order valence-electron chi connectivity index (χ3n) is 3.06. The zero-order chi connectivity index (χ0) is 14.9. The zero-order valence-electron chi connectivity index (χ0n) is 11.6. The summed E-state index contributed by atoms with van der Waals surface area (Å²) in [6.07, 6.45) is 0. The van der Waals surface area contributed by atoms with Crippen LogP contribution in [0.15, 0.2) is 27.4 Å². The standard InChI is InChI=1S/C15H16O5/c1-8(2)15(18)19-7-10-6-13(17)20-14-9(3)12(16)5-4-11(10)14/h4-6,8,16H,7H2,1-3H3. The minimum Gasteiger partial charge on any atom is -0.508 e. The Morgan fingerprint density at radius 1 is 1.40 bits per heavy atom. The lowest BCUT2D eigenvalue weighted by Crippen LogP contribution is -2.12. The van der Waals surface area contributed by atoms with E-state index < -0.39 is 5.63 Å². The van der Waals surface area contributed by atoms with Crippen molar-refractivity contribution in [2.75, 3.05) is 0 Å². The SMILES string of the molecule is Cc1c(O)ccc2c(COC(=O)C(C)C)cc(=O)oc12. The first-order valence-electron chi connectivity index (χ1n) is 6.32. The van der Waals surface area contributed by atoms with E-state index in [1.54, 1.807) is 26.8 Å². The molecule has 0 atom stereocenters. The predicted octanol–water partition coefficient (Wildman–Crippen LogP) is 2.51. The van der Waals surface area contributed by atoms with Crippen LogP contribution in [0, 0.1) is 12.8 Å². The normalized spacial score (nSPS) is 11.0. The summed E-state index contributed by atoms with van der Waals surface area (Å²) in [6, 6.07) is 4.46. The fourth-order valence-electron chi connectivity index (χ4n) is 1.85. The van der Waals surface area contributed by atoms with Gasteiger partial charge in [-0.1, -0.05) is 13.8 Å². The lowest BCUT2D eigenvalue weighted by atomic mass is 10.1. The van der Waals surface area contributed by atoms with Crippen molar-refractivity contribution in [3.8, 4) is 5.75 Å². The number of aryl methyl sites for hydroxylation is 1.